The zero-order valence-electron chi connectivity index (χ0n) is 9.21. The Morgan fingerprint density at radius 3 is 2.29 bits per heavy atom. The van der Waals surface area contributed by atoms with Gasteiger partial charge in [0.1, 0.15) is 0 Å². The SMILES string of the molecule is COC(C)CN1CCN(CCCl)CC1. The predicted octanol–water partition coefficient (Wildman–Crippen LogP) is 0.878. The quantitative estimate of drug-likeness (QED) is 0.640. The van der Waals surface area contributed by atoms with Crippen LogP contribution in [-0.4, -0.2) is 68.2 Å². The number of methoxy groups -OCH3 is 1. The fourth-order valence-electron chi connectivity index (χ4n) is 1.75. The van der Waals surface area contributed by atoms with E-state index in [1.54, 1.807) is 7.11 Å². The molecule has 1 aliphatic rings. The largest absolute Gasteiger partial charge is 0.380 e. The van der Waals surface area contributed by atoms with Crippen molar-refractivity contribution in [3.63, 3.8) is 0 Å². The summed E-state index contributed by atoms with van der Waals surface area (Å²) in [4.78, 5) is 4.87. The second kappa shape index (κ2) is 6.62. The first-order chi connectivity index (χ1) is 6.76. The molecule has 1 saturated heterocycles. The normalized spacial score (nSPS) is 22.5. The van der Waals surface area contributed by atoms with Crippen LogP contribution in [0.5, 0.6) is 0 Å². The van der Waals surface area contributed by atoms with Gasteiger partial charge in [-0.2, -0.15) is 0 Å². The van der Waals surface area contributed by atoms with Crippen molar-refractivity contribution in [1.29, 1.82) is 0 Å². The van der Waals surface area contributed by atoms with E-state index in [4.69, 9.17) is 16.3 Å². The van der Waals surface area contributed by atoms with Gasteiger partial charge >= 0.3 is 0 Å². The number of piperazine rings is 1. The second-order valence-electron chi connectivity index (χ2n) is 3.88. The van der Waals surface area contributed by atoms with Crippen LogP contribution in [0, 0.1) is 0 Å². The Bertz CT molecular complexity index is 149. The highest BCUT2D eigenvalue weighted by molar-refractivity contribution is 6.18. The Hall–Kier alpha value is 0.170. The van der Waals surface area contributed by atoms with E-state index in [2.05, 4.69) is 16.7 Å². The number of alkyl halides is 1. The van der Waals surface area contributed by atoms with E-state index in [1.807, 2.05) is 0 Å². The molecule has 0 amide bonds. The minimum absolute atomic E-state index is 0.342. The van der Waals surface area contributed by atoms with Crippen LogP contribution in [-0.2, 0) is 4.74 Å². The Balaban J connectivity index is 2.15. The van der Waals surface area contributed by atoms with Gasteiger partial charge in [0.2, 0.25) is 0 Å². The van der Waals surface area contributed by atoms with Gasteiger partial charge < -0.3 is 4.74 Å². The lowest BCUT2D eigenvalue weighted by Crippen LogP contribution is -2.48. The van der Waals surface area contributed by atoms with Crippen LogP contribution in [0.1, 0.15) is 6.92 Å². The highest BCUT2D eigenvalue weighted by Gasteiger charge is 2.17. The van der Waals surface area contributed by atoms with Crippen LogP contribution in [0.3, 0.4) is 0 Å². The first-order valence-corrected chi connectivity index (χ1v) is 5.83. The summed E-state index contributed by atoms with van der Waals surface area (Å²) in [6, 6.07) is 0. The number of hydrogen-bond acceptors (Lipinski definition) is 3. The molecule has 1 unspecified atom stereocenters. The highest BCUT2D eigenvalue weighted by atomic mass is 35.5. The molecule has 0 spiro atoms. The molecule has 0 radical (unpaired) electrons. The summed E-state index contributed by atoms with van der Waals surface area (Å²) < 4.78 is 5.25. The van der Waals surface area contributed by atoms with Crippen molar-refractivity contribution in [2.24, 2.45) is 0 Å². The van der Waals surface area contributed by atoms with E-state index in [0.29, 0.717) is 6.10 Å². The Morgan fingerprint density at radius 1 is 1.21 bits per heavy atom. The Morgan fingerprint density at radius 2 is 1.79 bits per heavy atom. The van der Waals surface area contributed by atoms with Gasteiger partial charge in [-0.1, -0.05) is 0 Å². The van der Waals surface area contributed by atoms with E-state index in [-0.39, 0.29) is 0 Å². The fourth-order valence-corrected chi connectivity index (χ4v) is 1.99. The smallest absolute Gasteiger partial charge is 0.0670 e. The first kappa shape index (κ1) is 12.2. The van der Waals surface area contributed by atoms with Gasteiger partial charge in [0.25, 0.3) is 0 Å². The summed E-state index contributed by atoms with van der Waals surface area (Å²) in [5, 5.41) is 0. The van der Waals surface area contributed by atoms with Crippen LogP contribution < -0.4 is 0 Å². The number of halogens is 1. The Kier molecular flexibility index (Phi) is 5.78. The second-order valence-corrected chi connectivity index (χ2v) is 4.26. The molecular formula is C10H21ClN2O. The van der Waals surface area contributed by atoms with E-state index in [1.165, 1.54) is 0 Å². The van der Waals surface area contributed by atoms with Crippen molar-refractivity contribution in [3.8, 4) is 0 Å². The molecule has 1 heterocycles. The molecule has 84 valence electrons. The lowest BCUT2D eigenvalue weighted by Gasteiger charge is -2.35. The standard InChI is InChI=1S/C10H21ClN2O/c1-10(14-2)9-13-7-5-12(4-3-11)6-8-13/h10H,3-9H2,1-2H3. The average Bonchev–Trinajstić information content (AvgIpc) is 2.21. The zero-order chi connectivity index (χ0) is 10.4. The summed E-state index contributed by atoms with van der Waals surface area (Å²) in [7, 11) is 1.77. The van der Waals surface area contributed by atoms with Crippen LogP contribution in [0.2, 0.25) is 0 Å². The number of nitrogens with zero attached hydrogens (tertiary/aromatic N) is 2. The molecule has 1 atom stereocenters. The molecular weight excluding hydrogens is 200 g/mol. The molecule has 0 saturated carbocycles. The predicted molar refractivity (Wildman–Crippen MR) is 60.1 cm³/mol. The number of rotatable bonds is 5. The number of ether oxygens (including phenoxy) is 1. The summed E-state index contributed by atoms with van der Waals surface area (Å²) in [6.07, 6.45) is 0.342. The minimum atomic E-state index is 0.342. The summed E-state index contributed by atoms with van der Waals surface area (Å²) >= 11 is 5.70. The van der Waals surface area contributed by atoms with Gasteiger partial charge in [-0.15, -0.1) is 11.6 Å². The van der Waals surface area contributed by atoms with E-state index >= 15 is 0 Å². The average molecular weight is 221 g/mol. The summed E-state index contributed by atoms with van der Waals surface area (Å²) in [6.45, 7) is 8.76. The van der Waals surface area contributed by atoms with Crippen molar-refractivity contribution < 1.29 is 4.74 Å². The van der Waals surface area contributed by atoms with Crippen LogP contribution >= 0.6 is 11.6 Å². The van der Waals surface area contributed by atoms with Crippen molar-refractivity contribution in [3.05, 3.63) is 0 Å². The maximum atomic E-state index is 5.70. The van der Waals surface area contributed by atoms with E-state index in [9.17, 15) is 0 Å². The maximum Gasteiger partial charge on any atom is 0.0670 e. The van der Waals surface area contributed by atoms with Crippen molar-refractivity contribution >= 4 is 11.6 Å². The molecule has 1 fully saturated rings. The van der Waals surface area contributed by atoms with Crippen molar-refractivity contribution in [2.45, 2.75) is 13.0 Å². The summed E-state index contributed by atoms with van der Waals surface area (Å²) in [5.74, 6) is 0.745. The number of hydrogen-bond donors (Lipinski definition) is 0. The van der Waals surface area contributed by atoms with Gasteiger partial charge in [0.05, 0.1) is 6.10 Å². The fraction of sp³-hybridized carbons (Fsp3) is 1.00. The third kappa shape index (κ3) is 4.13. The third-order valence-electron chi connectivity index (χ3n) is 2.78. The monoisotopic (exact) mass is 220 g/mol. The van der Waals surface area contributed by atoms with Crippen molar-refractivity contribution in [2.75, 3.05) is 52.3 Å². The maximum absolute atomic E-state index is 5.70. The molecule has 1 rings (SSSR count). The molecule has 3 nitrogen and oxygen atoms in total. The lowest BCUT2D eigenvalue weighted by atomic mass is 10.3. The zero-order valence-corrected chi connectivity index (χ0v) is 9.96. The molecule has 0 aliphatic carbocycles. The van der Waals surface area contributed by atoms with E-state index < -0.39 is 0 Å². The summed E-state index contributed by atoms with van der Waals surface area (Å²) in [5.41, 5.74) is 0. The van der Waals surface area contributed by atoms with Gasteiger partial charge in [0.15, 0.2) is 0 Å². The molecule has 0 bridgehead atoms. The third-order valence-corrected chi connectivity index (χ3v) is 2.95. The van der Waals surface area contributed by atoms with Crippen LogP contribution in [0.25, 0.3) is 0 Å². The molecule has 14 heavy (non-hydrogen) atoms. The molecule has 4 heteroatoms. The minimum Gasteiger partial charge on any atom is -0.380 e. The van der Waals surface area contributed by atoms with Gasteiger partial charge in [-0.3, -0.25) is 9.80 Å². The van der Waals surface area contributed by atoms with Gasteiger partial charge in [-0.05, 0) is 6.92 Å². The first-order valence-electron chi connectivity index (χ1n) is 5.29. The van der Waals surface area contributed by atoms with Gasteiger partial charge in [0, 0.05) is 52.3 Å². The molecule has 1 aliphatic heterocycles. The van der Waals surface area contributed by atoms with E-state index in [0.717, 1.165) is 45.1 Å². The van der Waals surface area contributed by atoms with Crippen LogP contribution in [0.4, 0.5) is 0 Å². The van der Waals surface area contributed by atoms with Gasteiger partial charge in [-0.25, -0.2) is 0 Å². The molecule has 0 aromatic heterocycles. The lowest BCUT2D eigenvalue weighted by molar-refractivity contribution is 0.0538. The highest BCUT2D eigenvalue weighted by Crippen LogP contribution is 2.03. The topological polar surface area (TPSA) is 15.7 Å². The molecule has 0 N–H and O–H groups in total. The Labute approximate surface area is 92.0 Å². The van der Waals surface area contributed by atoms with Crippen molar-refractivity contribution in [1.82, 2.24) is 9.80 Å². The van der Waals surface area contributed by atoms with Crippen LogP contribution in [0.15, 0.2) is 0 Å². The molecule has 0 aromatic carbocycles. The molecule has 0 aromatic rings.